The summed E-state index contributed by atoms with van der Waals surface area (Å²) in [5.74, 6) is -0.130. The molecule has 0 bridgehead atoms. The van der Waals surface area contributed by atoms with Gasteiger partial charge in [-0.2, -0.15) is 0 Å². The topological polar surface area (TPSA) is 53.1 Å². The van der Waals surface area contributed by atoms with Crippen LogP contribution in [0.3, 0.4) is 0 Å². The van der Waals surface area contributed by atoms with Crippen LogP contribution in [0.15, 0.2) is 12.1 Å². The van der Waals surface area contributed by atoms with Gasteiger partial charge in [0.2, 0.25) is 0 Å². The Kier molecular flexibility index (Phi) is 3.65. The number of hydrogen-bond donors (Lipinski definition) is 2. The smallest absolute Gasteiger partial charge is 0.352 e. The van der Waals surface area contributed by atoms with E-state index >= 15 is 0 Å². The van der Waals surface area contributed by atoms with E-state index in [1.54, 1.807) is 6.07 Å². The zero-order chi connectivity index (χ0) is 11.4. The third-order valence-electron chi connectivity index (χ3n) is 3.46. The van der Waals surface area contributed by atoms with Gasteiger partial charge in [0.15, 0.2) is 0 Å². The van der Waals surface area contributed by atoms with Gasteiger partial charge < -0.3 is 10.1 Å². The fourth-order valence-electron chi connectivity index (χ4n) is 2.56. The highest BCUT2D eigenvalue weighted by Gasteiger charge is 2.14. The molecule has 0 atom stereocenters. The molecule has 1 fully saturated rings. The van der Waals surface area contributed by atoms with Crippen molar-refractivity contribution in [3.63, 3.8) is 0 Å². The Morgan fingerprint density at radius 3 is 2.50 bits per heavy atom. The van der Waals surface area contributed by atoms with Gasteiger partial charge in [0.25, 0.3) is 0 Å². The molecular formula is C13H19NO2. The van der Waals surface area contributed by atoms with Gasteiger partial charge in [0, 0.05) is 5.69 Å². The Bertz CT molecular complexity index is 349. The molecule has 88 valence electrons. The normalized spacial score (nSPS) is 18.2. The molecule has 1 saturated carbocycles. The van der Waals surface area contributed by atoms with Gasteiger partial charge in [-0.1, -0.05) is 38.5 Å². The molecule has 0 spiro atoms. The van der Waals surface area contributed by atoms with E-state index in [0.29, 0.717) is 5.69 Å². The van der Waals surface area contributed by atoms with Gasteiger partial charge in [-0.15, -0.1) is 0 Å². The first-order valence-electron chi connectivity index (χ1n) is 6.17. The van der Waals surface area contributed by atoms with Crippen LogP contribution in [0, 0.1) is 5.92 Å². The van der Waals surface area contributed by atoms with E-state index in [-0.39, 0.29) is 0 Å². The maximum atomic E-state index is 10.7. The Labute approximate surface area is 95.9 Å². The number of carboxylic acids is 1. The number of nitrogens with one attached hydrogen (secondary N) is 1. The third-order valence-corrected chi connectivity index (χ3v) is 3.46. The molecule has 3 nitrogen and oxygen atoms in total. The van der Waals surface area contributed by atoms with E-state index in [4.69, 9.17) is 5.11 Å². The maximum absolute atomic E-state index is 10.7. The third kappa shape index (κ3) is 2.87. The Hall–Kier alpha value is -1.25. The first kappa shape index (κ1) is 11.2. The number of H-pyrrole nitrogens is 1. The highest BCUT2D eigenvalue weighted by molar-refractivity contribution is 5.85. The van der Waals surface area contributed by atoms with Crippen molar-refractivity contribution in [2.45, 2.75) is 44.9 Å². The van der Waals surface area contributed by atoms with E-state index < -0.39 is 5.97 Å². The van der Waals surface area contributed by atoms with Crippen molar-refractivity contribution >= 4 is 5.97 Å². The molecule has 2 rings (SSSR count). The van der Waals surface area contributed by atoms with Crippen LogP contribution in [-0.4, -0.2) is 16.1 Å². The highest BCUT2D eigenvalue weighted by atomic mass is 16.4. The molecule has 16 heavy (non-hydrogen) atoms. The molecule has 0 saturated heterocycles. The summed E-state index contributed by atoms with van der Waals surface area (Å²) in [5.41, 5.74) is 1.38. The first-order valence-corrected chi connectivity index (χ1v) is 6.17. The van der Waals surface area contributed by atoms with Crippen LogP contribution >= 0.6 is 0 Å². The largest absolute Gasteiger partial charge is 0.477 e. The summed E-state index contributed by atoms with van der Waals surface area (Å²) in [5, 5.41) is 8.82. The number of carbonyl (C=O) groups is 1. The van der Waals surface area contributed by atoms with Crippen molar-refractivity contribution < 1.29 is 9.90 Å². The molecule has 1 aromatic heterocycles. The van der Waals surface area contributed by atoms with Crippen molar-refractivity contribution in [1.82, 2.24) is 4.98 Å². The van der Waals surface area contributed by atoms with Gasteiger partial charge in [0.05, 0.1) is 0 Å². The summed E-state index contributed by atoms with van der Waals surface area (Å²) < 4.78 is 0. The Morgan fingerprint density at radius 1 is 1.25 bits per heavy atom. The molecule has 1 heterocycles. The van der Waals surface area contributed by atoms with E-state index in [0.717, 1.165) is 18.0 Å². The molecular weight excluding hydrogens is 202 g/mol. The van der Waals surface area contributed by atoms with Gasteiger partial charge in [-0.3, -0.25) is 0 Å². The van der Waals surface area contributed by atoms with Gasteiger partial charge in [-0.25, -0.2) is 4.79 Å². The molecule has 2 N–H and O–H groups in total. The van der Waals surface area contributed by atoms with Crippen LogP contribution in [0.1, 0.15) is 54.7 Å². The van der Waals surface area contributed by atoms with Gasteiger partial charge in [-0.05, 0) is 24.5 Å². The number of carboxylic acid groups (broad SMARTS) is 1. The molecule has 1 aliphatic rings. The fourth-order valence-corrected chi connectivity index (χ4v) is 2.56. The molecule has 3 heteroatoms. The minimum absolute atomic E-state index is 0.309. The average Bonchev–Trinajstić information content (AvgIpc) is 2.56. The van der Waals surface area contributed by atoms with Crippen LogP contribution in [0.5, 0.6) is 0 Å². The zero-order valence-corrected chi connectivity index (χ0v) is 9.54. The number of aromatic carboxylic acids is 1. The molecule has 0 unspecified atom stereocenters. The van der Waals surface area contributed by atoms with Gasteiger partial charge >= 0.3 is 5.97 Å². The number of aromatic nitrogens is 1. The second kappa shape index (κ2) is 5.19. The lowest BCUT2D eigenvalue weighted by atomic mass is 9.95. The van der Waals surface area contributed by atoms with E-state index in [2.05, 4.69) is 4.98 Å². The molecule has 0 radical (unpaired) electrons. The lowest BCUT2D eigenvalue weighted by molar-refractivity contribution is 0.0691. The minimum atomic E-state index is -0.868. The van der Waals surface area contributed by atoms with E-state index in [1.165, 1.54) is 38.5 Å². The quantitative estimate of drug-likeness (QED) is 0.770. The lowest BCUT2D eigenvalue weighted by Gasteiger charge is -2.12. The molecule has 0 aliphatic heterocycles. The Morgan fingerprint density at radius 2 is 1.94 bits per heavy atom. The van der Waals surface area contributed by atoms with Crippen molar-refractivity contribution in [3.8, 4) is 0 Å². The molecule has 0 amide bonds. The highest BCUT2D eigenvalue weighted by Crippen LogP contribution is 2.25. The SMILES string of the molecule is O=C(O)c1ccc(CC2CCCCCC2)[nH]1. The number of hydrogen-bond acceptors (Lipinski definition) is 1. The summed E-state index contributed by atoms with van der Waals surface area (Å²) in [7, 11) is 0. The first-order chi connectivity index (χ1) is 7.75. The average molecular weight is 221 g/mol. The zero-order valence-electron chi connectivity index (χ0n) is 9.54. The van der Waals surface area contributed by atoms with E-state index in [1.807, 2.05) is 6.07 Å². The van der Waals surface area contributed by atoms with Crippen molar-refractivity contribution in [2.75, 3.05) is 0 Å². The monoisotopic (exact) mass is 221 g/mol. The Balaban J connectivity index is 1.94. The number of rotatable bonds is 3. The van der Waals surface area contributed by atoms with Crippen LogP contribution in [0.2, 0.25) is 0 Å². The summed E-state index contributed by atoms with van der Waals surface area (Å²) in [4.78, 5) is 13.7. The predicted octanol–water partition coefficient (Wildman–Crippen LogP) is 3.23. The second-order valence-electron chi connectivity index (χ2n) is 4.76. The fraction of sp³-hybridized carbons (Fsp3) is 0.615. The maximum Gasteiger partial charge on any atom is 0.352 e. The molecule has 1 aromatic rings. The van der Waals surface area contributed by atoms with Crippen molar-refractivity contribution in [2.24, 2.45) is 5.92 Å². The van der Waals surface area contributed by atoms with Crippen LogP contribution < -0.4 is 0 Å². The summed E-state index contributed by atoms with van der Waals surface area (Å²) >= 11 is 0. The van der Waals surface area contributed by atoms with Crippen LogP contribution in [-0.2, 0) is 6.42 Å². The summed E-state index contributed by atoms with van der Waals surface area (Å²) in [6, 6.07) is 3.57. The lowest BCUT2D eigenvalue weighted by Crippen LogP contribution is -2.04. The minimum Gasteiger partial charge on any atom is -0.477 e. The van der Waals surface area contributed by atoms with Gasteiger partial charge in [0.1, 0.15) is 5.69 Å². The van der Waals surface area contributed by atoms with Crippen molar-refractivity contribution in [3.05, 3.63) is 23.5 Å². The summed E-state index contributed by atoms with van der Waals surface area (Å²) in [6.45, 7) is 0. The standard InChI is InChI=1S/C13H19NO2/c15-13(16)12-8-7-11(14-12)9-10-5-3-1-2-4-6-10/h7-8,10,14H,1-6,9H2,(H,15,16). The van der Waals surface area contributed by atoms with Crippen LogP contribution in [0.25, 0.3) is 0 Å². The van der Waals surface area contributed by atoms with Crippen molar-refractivity contribution in [1.29, 1.82) is 0 Å². The number of aromatic amines is 1. The molecule has 0 aromatic carbocycles. The van der Waals surface area contributed by atoms with Crippen LogP contribution in [0.4, 0.5) is 0 Å². The second-order valence-corrected chi connectivity index (χ2v) is 4.76. The molecule has 1 aliphatic carbocycles. The predicted molar refractivity (Wildman–Crippen MR) is 62.6 cm³/mol. The van der Waals surface area contributed by atoms with E-state index in [9.17, 15) is 4.79 Å². The summed E-state index contributed by atoms with van der Waals surface area (Å²) in [6.07, 6.45) is 8.98.